The molecule has 0 bridgehead atoms. The number of carbonyl (C=O) groups is 4. The zero-order valence-electron chi connectivity index (χ0n) is 18.6. The van der Waals surface area contributed by atoms with Crippen molar-refractivity contribution in [2.45, 2.75) is 37.0 Å². The topological polar surface area (TPSA) is 130 Å². The van der Waals surface area contributed by atoms with Crippen molar-refractivity contribution < 1.29 is 32.3 Å². The Morgan fingerprint density at radius 3 is 2.29 bits per heavy atom. The van der Waals surface area contributed by atoms with Crippen molar-refractivity contribution in [1.29, 1.82) is 0 Å². The van der Waals surface area contributed by atoms with Crippen LogP contribution in [0, 0.1) is 11.8 Å². The first-order valence-electron chi connectivity index (χ1n) is 11.3. The van der Waals surface area contributed by atoms with Gasteiger partial charge in [0.25, 0.3) is 5.91 Å². The third-order valence-corrected chi connectivity index (χ3v) is 8.22. The van der Waals surface area contributed by atoms with Crippen LogP contribution in [0.25, 0.3) is 0 Å². The molecule has 2 heterocycles. The van der Waals surface area contributed by atoms with Gasteiger partial charge < -0.3 is 10.1 Å². The summed E-state index contributed by atoms with van der Waals surface area (Å²) in [7, 11) is -3.66. The predicted octanol–water partition coefficient (Wildman–Crippen LogP) is 1.29. The van der Waals surface area contributed by atoms with Gasteiger partial charge in [-0.3, -0.25) is 24.1 Å². The van der Waals surface area contributed by atoms with E-state index in [2.05, 4.69) is 5.32 Å². The van der Waals surface area contributed by atoms with Crippen LogP contribution in [0.2, 0.25) is 0 Å². The maximum atomic E-state index is 12.8. The Kier molecular flexibility index (Phi) is 7.13. The van der Waals surface area contributed by atoms with Crippen molar-refractivity contribution in [3.05, 3.63) is 36.4 Å². The van der Waals surface area contributed by atoms with E-state index in [-0.39, 0.29) is 10.6 Å². The first-order chi connectivity index (χ1) is 16.3. The van der Waals surface area contributed by atoms with Crippen molar-refractivity contribution in [1.82, 2.24) is 9.21 Å². The molecule has 1 aromatic carbocycles. The van der Waals surface area contributed by atoms with Gasteiger partial charge >= 0.3 is 5.97 Å². The van der Waals surface area contributed by atoms with Crippen molar-refractivity contribution in [2.24, 2.45) is 11.8 Å². The molecule has 0 radical (unpaired) electrons. The van der Waals surface area contributed by atoms with Crippen LogP contribution in [0.3, 0.4) is 0 Å². The minimum Gasteiger partial charge on any atom is -0.454 e. The van der Waals surface area contributed by atoms with E-state index in [1.165, 1.54) is 28.6 Å². The van der Waals surface area contributed by atoms with Crippen LogP contribution in [0.5, 0.6) is 0 Å². The number of nitrogens with zero attached hydrogens (tertiary/aromatic N) is 2. The number of benzene rings is 1. The molecule has 1 aromatic rings. The molecule has 0 spiro atoms. The summed E-state index contributed by atoms with van der Waals surface area (Å²) in [4.78, 5) is 50.2. The SMILES string of the molecule is O=C(COC(=O)CN1C(=O)[C@H]2CC=CC[C@H]2C1=O)Nc1cccc(S(=O)(=O)N2CCCCC2)c1. The fourth-order valence-corrected chi connectivity index (χ4v) is 6.09. The van der Waals surface area contributed by atoms with Gasteiger partial charge in [-0.05, 0) is 43.9 Å². The number of allylic oxidation sites excluding steroid dienone is 2. The minimum absolute atomic E-state index is 0.0752. The molecule has 11 heteroatoms. The number of sulfonamides is 1. The number of anilines is 1. The number of hydrogen-bond donors (Lipinski definition) is 1. The zero-order valence-corrected chi connectivity index (χ0v) is 19.5. The number of likely N-dealkylation sites (tertiary alicyclic amines) is 1. The molecule has 0 saturated carbocycles. The number of carbonyl (C=O) groups excluding carboxylic acids is 4. The van der Waals surface area contributed by atoms with Crippen LogP contribution in [-0.2, 0) is 33.9 Å². The molecular formula is C23H27N3O7S. The predicted molar refractivity (Wildman–Crippen MR) is 121 cm³/mol. The lowest BCUT2D eigenvalue weighted by atomic mass is 9.85. The first kappa shape index (κ1) is 24.1. The first-order valence-corrected chi connectivity index (χ1v) is 12.8. The van der Waals surface area contributed by atoms with Gasteiger partial charge in [0, 0.05) is 18.8 Å². The van der Waals surface area contributed by atoms with E-state index in [4.69, 9.17) is 4.74 Å². The average Bonchev–Trinajstić information content (AvgIpc) is 3.08. The number of hydrogen-bond acceptors (Lipinski definition) is 7. The lowest BCUT2D eigenvalue weighted by Crippen LogP contribution is -2.37. The van der Waals surface area contributed by atoms with E-state index in [1.54, 1.807) is 0 Å². The van der Waals surface area contributed by atoms with Crippen LogP contribution < -0.4 is 5.32 Å². The molecule has 0 unspecified atom stereocenters. The van der Waals surface area contributed by atoms with Gasteiger partial charge in [0.15, 0.2) is 6.61 Å². The van der Waals surface area contributed by atoms with Gasteiger partial charge in [0.05, 0.1) is 16.7 Å². The standard InChI is InChI=1S/C23H27N3O7S/c27-20(15-33-21(28)14-26-22(29)18-9-2-3-10-19(18)23(26)30)24-16-7-6-8-17(13-16)34(31,32)25-11-4-1-5-12-25/h2-3,6-8,13,18-19H,1,4-5,9-12,14-15H2,(H,24,27)/t18-,19+. The summed E-state index contributed by atoms with van der Waals surface area (Å²) in [6, 6.07) is 5.89. The summed E-state index contributed by atoms with van der Waals surface area (Å²) in [5.41, 5.74) is 0.251. The van der Waals surface area contributed by atoms with E-state index >= 15 is 0 Å². The van der Waals surface area contributed by atoms with Crippen molar-refractivity contribution >= 4 is 39.4 Å². The van der Waals surface area contributed by atoms with Gasteiger partial charge in [-0.2, -0.15) is 4.31 Å². The molecule has 2 atom stereocenters. The Morgan fingerprint density at radius 2 is 1.65 bits per heavy atom. The average molecular weight is 490 g/mol. The zero-order chi connectivity index (χ0) is 24.3. The van der Waals surface area contributed by atoms with Gasteiger partial charge in [-0.15, -0.1) is 0 Å². The molecule has 2 fully saturated rings. The quantitative estimate of drug-likeness (QED) is 0.347. The number of fused-ring (bicyclic) bond motifs is 1. The lowest BCUT2D eigenvalue weighted by molar-refractivity contribution is -0.154. The van der Waals surface area contributed by atoms with E-state index in [1.807, 2.05) is 12.2 Å². The molecule has 1 aliphatic carbocycles. The highest BCUT2D eigenvalue weighted by molar-refractivity contribution is 7.89. The van der Waals surface area contributed by atoms with Gasteiger partial charge in [-0.1, -0.05) is 24.6 Å². The molecule has 10 nitrogen and oxygen atoms in total. The summed E-state index contributed by atoms with van der Waals surface area (Å²) in [6.07, 6.45) is 7.27. The van der Waals surface area contributed by atoms with Gasteiger partial charge in [0.2, 0.25) is 21.8 Å². The number of piperidine rings is 1. The fourth-order valence-electron chi connectivity index (χ4n) is 4.53. The summed E-state index contributed by atoms with van der Waals surface area (Å²) >= 11 is 0. The van der Waals surface area contributed by atoms with E-state index in [9.17, 15) is 27.6 Å². The molecule has 2 aliphatic heterocycles. The maximum Gasteiger partial charge on any atom is 0.326 e. The largest absolute Gasteiger partial charge is 0.454 e. The molecule has 1 N–H and O–H groups in total. The normalized spacial score (nSPS) is 23.0. The van der Waals surface area contributed by atoms with Crippen LogP contribution in [0.1, 0.15) is 32.1 Å². The molecule has 34 heavy (non-hydrogen) atoms. The Hall–Kier alpha value is -3.05. The smallest absolute Gasteiger partial charge is 0.326 e. The Balaban J connectivity index is 1.30. The highest BCUT2D eigenvalue weighted by atomic mass is 32.2. The Bertz CT molecular complexity index is 1100. The van der Waals surface area contributed by atoms with Gasteiger partial charge in [0.1, 0.15) is 6.54 Å². The third-order valence-electron chi connectivity index (χ3n) is 6.32. The van der Waals surface area contributed by atoms with Crippen molar-refractivity contribution in [2.75, 3.05) is 31.6 Å². The number of amides is 3. The fraction of sp³-hybridized carbons (Fsp3) is 0.478. The van der Waals surface area contributed by atoms with E-state index in [0.29, 0.717) is 25.9 Å². The number of ether oxygens (including phenoxy) is 1. The van der Waals surface area contributed by atoms with E-state index in [0.717, 1.165) is 24.2 Å². The number of nitrogens with one attached hydrogen (secondary N) is 1. The highest BCUT2D eigenvalue weighted by Crippen LogP contribution is 2.34. The maximum absolute atomic E-state index is 12.8. The summed E-state index contributed by atoms with van der Waals surface area (Å²) in [6.45, 7) is -0.238. The number of esters is 1. The minimum atomic E-state index is -3.66. The summed E-state index contributed by atoms with van der Waals surface area (Å²) in [5.74, 6) is -3.22. The highest BCUT2D eigenvalue weighted by Gasteiger charge is 2.47. The summed E-state index contributed by atoms with van der Waals surface area (Å²) < 4.78 is 32.0. The second kappa shape index (κ2) is 10.1. The Labute approximate surface area is 198 Å². The van der Waals surface area contributed by atoms with Crippen LogP contribution in [-0.4, -0.2) is 67.6 Å². The second-order valence-corrected chi connectivity index (χ2v) is 10.6. The van der Waals surface area contributed by atoms with Crippen LogP contribution in [0.4, 0.5) is 5.69 Å². The molecule has 3 amide bonds. The number of rotatable bonds is 7. The lowest BCUT2D eigenvalue weighted by Gasteiger charge is -2.26. The van der Waals surface area contributed by atoms with Crippen LogP contribution in [0.15, 0.2) is 41.3 Å². The number of imide groups is 1. The Morgan fingerprint density at radius 1 is 1.00 bits per heavy atom. The third kappa shape index (κ3) is 5.05. The second-order valence-electron chi connectivity index (χ2n) is 8.62. The molecule has 4 rings (SSSR count). The molecular weight excluding hydrogens is 462 g/mol. The molecule has 3 aliphatic rings. The van der Waals surface area contributed by atoms with E-state index < -0.39 is 58.7 Å². The van der Waals surface area contributed by atoms with Crippen molar-refractivity contribution in [3.63, 3.8) is 0 Å². The van der Waals surface area contributed by atoms with Crippen LogP contribution >= 0.6 is 0 Å². The molecule has 0 aromatic heterocycles. The van der Waals surface area contributed by atoms with Crippen molar-refractivity contribution in [3.8, 4) is 0 Å². The monoisotopic (exact) mass is 489 g/mol. The molecule has 2 saturated heterocycles. The van der Waals surface area contributed by atoms with Gasteiger partial charge in [-0.25, -0.2) is 8.42 Å². The summed E-state index contributed by atoms with van der Waals surface area (Å²) in [5, 5.41) is 2.51. The molecule has 182 valence electrons.